The highest BCUT2D eigenvalue weighted by atomic mass is 16.4. The number of carbonyl (C=O) groups excluding carboxylic acids is 2. The van der Waals surface area contributed by atoms with Gasteiger partial charge in [0.1, 0.15) is 0 Å². The molecule has 0 aliphatic heterocycles. The molecule has 0 fully saturated rings. The Bertz CT molecular complexity index is 485. The predicted octanol–water partition coefficient (Wildman–Crippen LogP) is 0.332. The monoisotopic (exact) mass is 250 g/mol. The number of amides is 2. The fourth-order valence-electron chi connectivity index (χ4n) is 1.39. The van der Waals surface area contributed by atoms with E-state index in [0.717, 1.165) is 0 Å². The molecule has 3 N–H and O–H groups in total. The maximum absolute atomic E-state index is 11.9. The normalized spacial score (nSPS) is 9.83. The first kappa shape index (κ1) is 13.7. The van der Waals surface area contributed by atoms with Crippen LogP contribution in [0.25, 0.3) is 0 Å². The zero-order valence-corrected chi connectivity index (χ0v) is 9.92. The maximum Gasteiger partial charge on any atom is 0.305 e. The predicted molar refractivity (Wildman–Crippen MR) is 64.2 cm³/mol. The van der Waals surface area contributed by atoms with Gasteiger partial charge in [0, 0.05) is 24.7 Å². The molecule has 0 spiro atoms. The second-order valence-corrected chi connectivity index (χ2v) is 3.82. The molecule has 96 valence electrons. The van der Waals surface area contributed by atoms with Crippen LogP contribution in [0.15, 0.2) is 24.3 Å². The molecule has 2 amide bonds. The Morgan fingerprint density at radius 2 is 1.89 bits per heavy atom. The van der Waals surface area contributed by atoms with E-state index in [0.29, 0.717) is 5.56 Å². The van der Waals surface area contributed by atoms with Gasteiger partial charge >= 0.3 is 5.97 Å². The molecule has 0 atom stereocenters. The van der Waals surface area contributed by atoms with Crippen molar-refractivity contribution in [2.45, 2.75) is 6.42 Å². The van der Waals surface area contributed by atoms with Gasteiger partial charge in [0.25, 0.3) is 5.91 Å². The van der Waals surface area contributed by atoms with Crippen molar-refractivity contribution in [2.24, 2.45) is 5.73 Å². The third-order valence-electron chi connectivity index (χ3n) is 2.40. The third-order valence-corrected chi connectivity index (χ3v) is 2.40. The first-order chi connectivity index (χ1) is 8.41. The smallest absolute Gasteiger partial charge is 0.305 e. The quantitative estimate of drug-likeness (QED) is 0.786. The number of rotatable bonds is 5. The Morgan fingerprint density at radius 1 is 1.28 bits per heavy atom. The topological polar surface area (TPSA) is 101 Å². The van der Waals surface area contributed by atoms with Gasteiger partial charge in [0.2, 0.25) is 5.91 Å². The standard InChI is InChI=1S/C12H14N2O4/c1-14(6-5-10(15)16)12(18)9-4-2-3-8(7-9)11(13)17/h2-4,7H,5-6H2,1H3,(H2,13,17)(H,15,16). The summed E-state index contributed by atoms with van der Waals surface area (Å²) in [6.07, 6.45) is -0.127. The van der Waals surface area contributed by atoms with Crippen molar-refractivity contribution in [2.75, 3.05) is 13.6 Å². The van der Waals surface area contributed by atoms with Crippen LogP contribution in [0.4, 0.5) is 0 Å². The number of hydrogen-bond acceptors (Lipinski definition) is 3. The Morgan fingerprint density at radius 3 is 2.44 bits per heavy atom. The lowest BCUT2D eigenvalue weighted by atomic mass is 10.1. The number of hydrogen-bond donors (Lipinski definition) is 2. The summed E-state index contributed by atoms with van der Waals surface area (Å²) in [5.41, 5.74) is 5.66. The van der Waals surface area contributed by atoms with Crippen LogP contribution in [-0.4, -0.2) is 41.4 Å². The van der Waals surface area contributed by atoms with E-state index in [2.05, 4.69) is 0 Å². The first-order valence-corrected chi connectivity index (χ1v) is 5.29. The van der Waals surface area contributed by atoms with Gasteiger partial charge in [-0.3, -0.25) is 14.4 Å². The first-order valence-electron chi connectivity index (χ1n) is 5.29. The molecule has 1 rings (SSSR count). The molecule has 0 saturated carbocycles. The summed E-state index contributed by atoms with van der Waals surface area (Å²) < 4.78 is 0. The van der Waals surface area contributed by atoms with Crippen molar-refractivity contribution in [1.29, 1.82) is 0 Å². The maximum atomic E-state index is 11.9. The number of carboxylic acids is 1. The lowest BCUT2D eigenvalue weighted by Crippen LogP contribution is -2.29. The van der Waals surface area contributed by atoms with Crippen molar-refractivity contribution < 1.29 is 19.5 Å². The molecule has 18 heavy (non-hydrogen) atoms. The second-order valence-electron chi connectivity index (χ2n) is 3.82. The lowest BCUT2D eigenvalue weighted by molar-refractivity contribution is -0.137. The highest BCUT2D eigenvalue weighted by molar-refractivity contribution is 5.99. The van der Waals surface area contributed by atoms with E-state index in [4.69, 9.17) is 10.8 Å². The van der Waals surface area contributed by atoms with Crippen LogP contribution in [0.3, 0.4) is 0 Å². The Kier molecular flexibility index (Phi) is 4.42. The van der Waals surface area contributed by atoms with E-state index in [9.17, 15) is 14.4 Å². The van der Waals surface area contributed by atoms with Crippen LogP contribution in [0.1, 0.15) is 27.1 Å². The van der Waals surface area contributed by atoms with E-state index < -0.39 is 11.9 Å². The van der Waals surface area contributed by atoms with Crippen molar-refractivity contribution in [3.63, 3.8) is 0 Å². The minimum atomic E-state index is -0.972. The van der Waals surface area contributed by atoms with Gasteiger partial charge < -0.3 is 15.7 Å². The zero-order chi connectivity index (χ0) is 13.7. The highest BCUT2D eigenvalue weighted by Gasteiger charge is 2.13. The van der Waals surface area contributed by atoms with E-state index >= 15 is 0 Å². The van der Waals surface area contributed by atoms with E-state index in [1.54, 1.807) is 12.1 Å². The minimum absolute atomic E-state index is 0.106. The molecular formula is C12H14N2O4. The number of nitrogens with zero attached hydrogens (tertiary/aromatic N) is 1. The fraction of sp³-hybridized carbons (Fsp3) is 0.250. The molecule has 0 radical (unpaired) electrons. The Balaban J connectivity index is 2.80. The third kappa shape index (κ3) is 3.58. The van der Waals surface area contributed by atoms with Crippen LogP contribution in [-0.2, 0) is 4.79 Å². The van der Waals surface area contributed by atoms with Gasteiger partial charge in [-0.25, -0.2) is 0 Å². The van der Waals surface area contributed by atoms with Crippen LogP contribution in [0.2, 0.25) is 0 Å². The summed E-state index contributed by atoms with van der Waals surface area (Å²) in [7, 11) is 1.50. The number of aliphatic carboxylic acids is 1. The molecule has 0 unspecified atom stereocenters. The molecule has 6 nitrogen and oxygen atoms in total. The molecule has 1 aromatic carbocycles. The van der Waals surface area contributed by atoms with Gasteiger partial charge in [0.15, 0.2) is 0 Å². The summed E-state index contributed by atoms with van der Waals surface area (Å²) in [6.45, 7) is 0.106. The van der Waals surface area contributed by atoms with Gasteiger partial charge in [-0.1, -0.05) is 6.07 Å². The number of carboxylic acid groups (broad SMARTS) is 1. The van der Waals surface area contributed by atoms with Crippen LogP contribution in [0.5, 0.6) is 0 Å². The highest BCUT2D eigenvalue weighted by Crippen LogP contribution is 2.07. The average molecular weight is 250 g/mol. The van der Waals surface area contributed by atoms with Crippen molar-refractivity contribution >= 4 is 17.8 Å². The van der Waals surface area contributed by atoms with Crippen LogP contribution >= 0.6 is 0 Å². The summed E-state index contributed by atoms with van der Waals surface area (Å²) >= 11 is 0. The molecule has 0 aliphatic rings. The zero-order valence-electron chi connectivity index (χ0n) is 9.92. The summed E-state index contributed by atoms with van der Waals surface area (Å²) in [4.78, 5) is 34.6. The largest absolute Gasteiger partial charge is 0.481 e. The number of primary amides is 1. The van der Waals surface area contributed by atoms with Gasteiger partial charge in [-0.05, 0) is 18.2 Å². The molecule has 6 heteroatoms. The van der Waals surface area contributed by atoms with E-state index in [1.165, 1.54) is 24.1 Å². The summed E-state index contributed by atoms with van der Waals surface area (Å²) in [5.74, 6) is -1.93. The van der Waals surface area contributed by atoms with Gasteiger partial charge in [-0.15, -0.1) is 0 Å². The lowest BCUT2D eigenvalue weighted by Gasteiger charge is -2.16. The second kappa shape index (κ2) is 5.81. The van der Waals surface area contributed by atoms with Crippen molar-refractivity contribution in [3.8, 4) is 0 Å². The molecule has 1 aromatic rings. The SMILES string of the molecule is CN(CCC(=O)O)C(=O)c1cccc(C(N)=O)c1. The molecular weight excluding hydrogens is 236 g/mol. The Hall–Kier alpha value is -2.37. The van der Waals surface area contributed by atoms with E-state index in [-0.39, 0.29) is 24.4 Å². The molecule has 0 saturated heterocycles. The van der Waals surface area contributed by atoms with Crippen LogP contribution < -0.4 is 5.73 Å². The number of nitrogens with two attached hydrogens (primary N) is 1. The van der Waals surface area contributed by atoms with Gasteiger partial charge in [0.05, 0.1) is 6.42 Å². The van der Waals surface area contributed by atoms with Crippen LogP contribution in [0, 0.1) is 0 Å². The van der Waals surface area contributed by atoms with Crippen molar-refractivity contribution in [1.82, 2.24) is 4.90 Å². The molecule has 0 bridgehead atoms. The summed E-state index contributed by atoms with van der Waals surface area (Å²) in [5, 5.41) is 8.53. The molecule has 0 heterocycles. The summed E-state index contributed by atoms with van der Waals surface area (Å²) in [6, 6.07) is 6.00. The van der Waals surface area contributed by atoms with Gasteiger partial charge in [-0.2, -0.15) is 0 Å². The van der Waals surface area contributed by atoms with E-state index in [1.807, 2.05) is 0 Å². The number of carbonyl (C=O) groups is 3. The molecule has 0 aromatic heterocycles. The Labute approximate surface area is 104 Å². The average Bonchev–Trinajstić information content (AvgIpc) is 2.35. The minimum Gasteiger partial charge on any atom is -0.481 e. The number of benzene rings is 1. The van der Waals surface area contributed by atoms with Crippen molar-refractivity contribution in [3.05, 3.63) is 35.4 Å². The fourth-order valence-corrected chi connectivity index (χ4v) is 1.39. The molecule has 0 aliphatic carbocycles.